The van der Waals surface area contributed by atoms with Crippen molar-refractivity contribution in [2.75, 3.05) is 19.6 Å². The smallest absolute Gasteiger partial charge is 0.0166 e. The van der Waals surface area contributed by atoms with Crippen molar-refractivity contribution < 1.29 is 0 Å². The van der Waals surface area contributed by atoms with Crippen LogP contribution in [0.4, 0.5) is 0 Å². The van der Waals surface area contributed by atoms with Gasteiger partial charge >= 0.3 is 0 Å². The summed E-state index contributed by atoms with van der Waals surface area (Å²) >= 11 is 0. The molecule has 1 aliphatic rings. The zero-order chi connectivity index (χ0) is 12.9. The fraction of sp³-hybridized carbons (Fsp3) is 1.00. The number of rotatable bonds is 7. The number of hydrogen-bond donors (Lipinski definition) is 1. The predicted molar refractivity (Wildman–Crippen MR) is 76.1 cm³/mol. The summed E-state index contributed by atoms with van der Waals surface area (Å²) in [6.45, 7) is 12.8. The molecule has 0 radical (unpaired) electrons. The van der Waals surface area contributed by atoms with Gasteiger partial charge in [-0.15, -0.1) is 0 Å². The molecule has 0 amide bonds. The first-order valence-corrected chi connectivity index (χ1v) is 7.42. The van der Waals surface area contributed by atoms with Crippen LogP contribution in [0.25, 0.3) is 0 Å². The number of hydrogen-bond acceptors (Lipinski definition) is 2. The quantitative estimate of drug-likeness (QED) is 0.740. The first-order chi connectivity index (χ1) is 7.91. The molecule has 1 rings (SSSR count). The summed E-state index contributed by atoms with van der Waals surface area (Å²) in [5.41, 5.74) is 6.60. The third kappa shape index (κ3) is 5.87. The van der Waals surface area contributed by atoms with Crippen LogP contribution in [-0.2, 0) is 0 Å². The molecule has 0 spiro atoms. The second-order valence-electron chi connectivity index (χ2n) is 6.87. The van der Waals surface area contributed by atoms with Gasteiger partial charge in [0.15, 0.2) is 0 Å². The van der Waals surface area contributed by atoms with E-state index in [2.05, 4.69) is 32.6 Å². The van der Waals surface area contributed by atoms with Gasteiger partial charge in [0.25, 0.3) is 0 Å². The summed E-state index contributed by atoms with van der Waals surface area (Å²) in [5, 5.41) is 0. The average Bonchev–Trinajstić information content (AvgIpc) is 2.61. The lowest BCUT2D eigenvalue weighted by Crippen LogP contribution is -2.42. The molecule has 0 bridgehead atoms. The fourth-order valence-corrected chi connectivity index (χ4v) is 3.00. The predicted octanol–water partition coefficient (Wildman–Crippen LogP) is 3.26. The van der Waals surface area contributed by atoms with Gasteiger partial charge in [0, 0.05) is 18.6 Å². The van der Waals surface area contributed by atoms with E-state index < -0.39 is 0 Å². The Morgan fingerprint density at radius 1 is 1.00 bits per heavy atom. The van der Waals surface area contributed by atoms with Crippen molar-refractivity contribution in [1.82, 2.24) is 4.90 Å². The Kier molecular flexibility index (Phi) is 5.94. The highest BCUT2D eigenvalue weighted by Crippen LogP contribution is 2.30. The zero-order valence-corrected chi connectivity index (χ0v) is 12.3. The van der Waals surface area contributed by atoms with Gasteiger partial charge in [0.1, 0.15) is 0 Å². The highest BCUT2D eigenvalue weighted by molar-refractivity contribution is 4.89. The summed E-state index contributed by atoms with van der Waals surface area (Å²) < 4.78 is 0. The lowest BCUT2D eigenvalue weighted by molar-refractivity contribution is 0.197. The van der Waals surface area contributed by atoms with Crippen molar-refractivity contribution in [1.29, 1.82) is 0 Å². The van der Waals surface area contributed by atoms with Crippen LogP contribution in [0, 0.1) is 11.8 Å². The molecule has 1 saturated carbocycles. The molecule has 0 aliphatic heterocycles. The lowest BCUT2D eigenvalue weighted by Gasteiger charge is -2.31. The van der Waals surface area contributed by atoms with Gasteiger partial charge in [-0.1, -0.05) is 40.5 Å². The molecule has 2 N–H and O–H groups in total. The Bertz CT molecular complexity index is 195. The zero-order valence-electron chi connectivity index (χ0n) is 12.3. The highest BCUT2D eigenvalue weighted by Gasteiger charge is 2.29. The maximum atomic E-state index is 6.44. The van der Waals surface area contributed by atoms with Gasteiger partial charge in [-0.3, -0.25) is 0 Å². The summed E-state index contributed by atoms with van der Waals surface area (Å²) in [5.74, 6) is 1.51. The largest absolute Gasteiger partial charge is 0.325 e. The Balaban J connectivity index is 2.36. The molecule has 102 valence electrons. The topological polar surface area (TPSA) is 29.3 Å². The van der Waals surface area contributed by atoms with Crippen LogP contribution in [-0.4, -0.2) is 30.1 Å². The van der Waals surface area contributed by atoms with E-state index in [1.165, 1.54) is 51.7 Å². The van der Waals surface area contributed by atoms with E-state index in [1.54, 1.807) is 0 Å². The number of nitrogens with two attached hydrogens (primary N) is 1. The molecule has 2 heteroatoms. The van der Waals surface area contributed by atoms with Gasteiger partial charge in [-0.05, 0) is 37.6 Å². The van der Waals surface area contributed by atoms with E-state index >= 15 is 0 Å². The van der Waals surface area contributed by atoms with E-state index in [0.29, 0.717) is 0 Å². The monoisotopic (exact) mass is 240 g/mol. The SMILES string of the molecule is CC(C)CN(CCC1(N)CCCC1)CC(C)C. The number of nitrogens with zero attached hydrogens (tertiary/aromatic N) is 1. The minimum Gasteiger partial charge on any atom is -0.325 e. The average molecular weight is 240 g/mol. The third-order valence-corrected chi connectivity index (χ3v) is 3.77. The van der Waals surface area contributed by atoms with E-state index in [1.807, 2.05) is 0 Å². The van der Waals surface area contributed by atoms with E-state index in [0.717, 1.165) is 11.8 Å². The fourth-order valence-electron chi connectivity index (χ4n) is 3.00. The lowest BCUT2D eigenvalue weighted by atomic mass is 9.94. The van der Waals surface area contributed by atoms with Crippen LogP contribution in [0.15, 0.2) is 0 Å². The minimum absolute atomic E-state index is 0.159. The van der Waals surface area contributed by atoms with Crippen LogP contribution in [0.5, 0.6) is 0 Å². The first kappa shape index (κ1) is 15.0. The molecular weight excluding hydrogens is 208 g/mol. The molecule has 0 saturated heterocycles. The minimum atomic E-state index is 0.159. The molecule has 0 atom stereocenters. The van der Waals surface area contributed by atoms with Crippen molar-refractivity contribution in [3.8, 4) is 0 Å². The Labute approximate surface area is 108 Å². The summed E-state index contributed by atoms with van der Waals surface area (Å²) in [6.07, 6.45) is 6.34. The van der Waals surface area contributed by atoms with Crippen LogP contribution >= 0.6 is 0 Å². The molecule has 0 unspecified atom stereocenters. The standard InChI is InChI=1S/C15H32N2/c1-13(2)11-17(12-14(3)4)10-9-15(16)7-5-6-8-15/h13-14H,5-12,16H2,1-4H3. The Hall–Kier alpha value is -0.0800. The van der Waals surface area contributed by atoms with Crippen molar-refractivity contribution in [2.24, 2.45) is 17.6 Å². The van der Waals surface area contributed by atoms with Crippen molar-refractivity contribution in [3.05, 3.63) is 0 Å². The molecule has 0 aromatic heterocycles. The van der Waals surface area contributed by atoms with Crippen molar-refractivity contribution in [2.45, 2.75) is 65.3 Å². The van der Waals surface area contributed by atoms with Gasteiger partial charge < -0.3 is 10.6 Å². The molecule has 1 fully saturated rings. The second kappa shape index (κ2) is 6.75. The normalized spacial score (nSPS) is 19.8. The first-order valence-electron chi connectivity index (χ1n) is 7.42. The van der Waals surface area contributed by atoms with Crippen LogP contribution in [0.1, 0.15) is 59.8 Å². The molecule has 1 aliphatic carbocycles. The van der Waals surface area contributed by atoms with Crippen LogP contribution in [0.3, 0.4) is 0 Å². The van der Waals surface area contributed by atoms with Gasteiger partial charge in [-0.25, -0.2) is 0 Å². The van der Waals surface area contributed by atoms with E-state index in [4.69, 9.17) is 5.73 Å². The summed E-state index contributed by atoms with van der Waals surface area (Å²) in [4.78, 5) is 2.61. The van der Waals surface area contributed by atoms with Crippen molar-refractivity contribution in [3.63, 3.8) is 0 Å². The maximum absolute atomic E-state index is 6.44. The maximum Gasteiger partial charge on any atom is 0.0166 e. The van der Waals surface area contributed by atoms with E-state index in [9.17, 15) is 0 Å². The van der Waals surface area contributed by atoms with Crippen molar-refractivity contribution >= 4 is 0 Å². The summed E-state index contributed by atoms with van der Waals surface area (Å²) in [7, 11) is 0. The van der Waals surface area contributed by atoms with Gasteiger partial charge in [0.05, 0.1) is 0 Å². The van der Waals surface area contributed by atoms with Gasteiger partial charge in [0.2, 0.25) is 0 Å². The molecule has 0 heterocycles. The second-order valence-corrected chi connectivity index (χ2v) is 6.87. The van der Waals surface area contributed by atoms with Gasteiger partial charge in [-0.2, -0.15) is 0 Å². The van der Waals surface area contributed by atoms with E-state index in [-0.39, 0.29) is 5.54 Å². The molecule has 0 aromatic carbocycles. The molecular formula is C15H32N2. The Morgan fingerprint density at radius 3 is 1.88 bits per heavy atom. The molecule has 2 nitrogen and oxygen atoms in total. The highest BCUT2D eigenvalue weighted by atomic mass is 15.1. The molecule has 0 aromatic rings. The van der Waals surface area contributed by atoms with Crippen LogP contribution in [0.2, 0.25) is 0 Å². The summed E-state index contributed by atoms with van der Waals surface area (Å²) in [6, 6.07) is 0. The Morgan fingerprint density at radius 2 is 1.47 bits per heavy atom. The van der Waals surface area contributed by atoms with Crippen LogP contribution < -0.4 is 5.73 Å². The third-order valence-electron chi connectivity index (χ3n) is 3.77. The molecule has 17 heavy (non-hydrogen) atoms.